The molecule has 1 N–H and O–H groups in total. The quantitative estimate of drug-likeness (QED) is 0.615. The molecule has 3 rings (SSSR count). The number of nitrogens with one attached hydrogen (secondary N) is 1. The molecular formula is C20H18F3N3O3. The molecule has 0 spiro atoms. The molecule has 0 fully saturated rings. The molecule has 2 aromatic carbocycles. The maximum absolute atomic E-state index is 13.0. The van der Waals surface area contributed by atoms with Gasteiger partial charge in [0.05, 0.1) is 24.1 Å². The molecule has 0 radical (unpaired) electrons. The Morgan fingerprint density at radius 2 is 1.76 bits per heavy atom. The van der Waals surface area contributed by atoms with Crippen LogP contribution in [-0.2, 0) is 17.5 Å². The number of ether oxygens (including phenoxy) is 2. The van der Waals surface area contributed by atoms with E-state index in [0.717, 1.165) is 6.07 Å². The van der Waals surface area contributed by atoms with Crippen LogP contribution in [0.3, 0.4) is 0 Å². The van der Waals surface area contributed by atoms with Crippen molar-refractivity contribution in [2.24, 2.45) is 0 Å². The Kier molecular flexibility index (Phi) is 6.38. The number of aromatic nitrogens is 2. The van der Waals surface area contributed by atoms with E-state index in [1.807, 2.05) is 4.57 Å². The van der Waals surface area contributed by atoms with Gasteiger partial charge in [-0.05, 0) is 24.3 Å². The molecule has 0 aliphatic carbocycles. The predicted octanol–water partition coefficient (Wildman–Crippen LogP) is 4.00. The van der Waals surface area contributed by atoms with Crippen LogP contribution in [0.5, 0.6) is 11.5 Å². The summed E-state index contributed by atoms with van der Waals surface area (Å²) in [5.41, 5.74) is -0.535. The second kappa shape index (κ2) is 9.13. The topological polar surface area (TPSA) is 65.4 Å². The Hall–Kier alpha value is -3.49. The van der Waals surface area contributed by atoms with Gasteiger partial charge < -0.3 is 19.4 Å². The molecule has 1 aromatic heterocycles. The first-order valence-corrected chi connectivity index (χ1v) is 8.70. The van der Waals surface area contributed by atoms with Gasteiger partial charge in [-0.1, -0.05) is 24.3 Å². The molecule has 1 heterocycles. The summed E-state index contributed by atoms with van der Waals surface area (Å²) >= 11 is 0. The first-order chi connectivity index (χ1) is 13.9. The van der Waals surface area contributed by atoms with Gasteiger partial charge in [0.15, 0.2) is 6.61 Å². The molecule has 0 aliphatic rings. The van der Waals surface area contributed by atoms with Crippen LogP contribution in [0.15, 0.2) is 67.3 Å². The van der Waals surface area contributed by atoms with Gasteiger partial charge in [-0.3, -0.25) is 4.79 Å². The van der Waals surface area contributed by atoms with E-state index in [4.69, 9.17) is 9.47 Å². The van der Waals surface area contributed by atoms with E-state index in [1.165, 1.54) is 18.2 Å². The van der Waals surface area contributed by atoms with Gasteiger partial charge in [0.25, 0.3) is 5.91 Å². The van der Waals surface area contributed by atoms with Crippen LogP contribution < -0.4 is 14.8 Å². The van der Waals surface area contributed by atoms with E-state index in [9.17, 15) is 18.0 Å². The Balaban J connectivity index is 1.57. The molecular weight excluding hydrogens is 387 g/mol. The van der Waals surface area contributed by atoms with Crippen molar-refractivity contribution in [3.63, 3.8) is 0 Å². The van der Waals surface area contributed by atoms with Crippen molar-refractivity contribution in [3.05, 3.63) is 72.8 Å². The molecule has 6 nitrogen and oxygen atoms in total. The van der Waals surface area contributed by atoms with Crippen LogP contribution in [0.25, 0.3) is 0 Å². The molecule has 0 saturated heterocycles. The molecule has 0 aliphatic heterocycles. The lowest BCUT2D eigenvalue weighted by atomic mass is 10.2. The molecule has 0 bridgehead atoms. The molecule has 152 valence electrons. The highest BCUT2D eigenvalue weighted by Gasteiger charge is 2.34. The fraction of sp³-hybridized carbons (Fsp3) is 0.200. The van der Waals surface area contributed by atoms with Crippen LogP contribution >= 0.6 is 0 Å². The number of halogens is 3. The third kappa shape index (κ3) is 5.74. The van der Waals surface area contributed by atoms with Crippen LogP contribution in [0.1, 0.15) is 5.56 Å². The number of carbonyl (C=O) groups excluding carboxylic acids is 1. The normalized spacial score (nSPS) is 11.1. The van der Waals surface area contributed by atoms with E-state index in [0.29, 0.717) is 24.6 Å². The first kappa shape index (κ1) is 20.2. The Morgan fingerprint density at radius 3 is 2.48 bits per heavy atom. The molecule has 3 aromatic rings. The average molecular weight is 405 g/mol. The maximum atomic E-state index is 13.0. The summed E-state index contributed by atoms with van der Waals surface area (Å²) in [5.74, 6) is -0.565. The predicted molar refractivity (Wildman–Crippen MR) is 99.7 cm³/mol. The number of amides is 1. The number of imidazole rings is 1. The lowest BCUT2D eigenvalue weighted by Crippen LogP contribution is -2.22. The van der Waals surface area contributed by atoms with E-state index >= 15 is 0 Å². The molecule has 1 amide bonds. The number of nitrogens with zero attached hydrogens (tertiary/aromatic N) is 2. The number of carbonyl (C=O) groups is 1. The van der Waals surface area contributed by atoms with Gasteiger partial charge in [0.1, 0.15) is 18.1 Å². The monoisotopic (exact) mass is 405 g/mol. The highest BCUT2D eigenvalue weighted by molar-refractivity contribution is 5.93. The minimum Gasteiger partial charge on any atom is -0.490 e. The van der Waals surface area contributed by atoms with Gasteiger partial charge >= 0.3 is 6.18 Å². The SMILES string of the molecule is O=C(COc1ccccc1C(F)(F)F)Nc1ccccc1OCCn1ccnc1. The van der Waals surface area contributed by atoms with Crippen LogP contribution in [0.4, 0.5) is 18.9 Å². The van der Waals surface area contributed by atoms with E-state index < -0.39 is 30.0 Å². The van der Waals surface area contributed by atoms with Crippen molar-refractivity contribution in [1.82, 2.24) is 9.55 Å². The van der Waals surface area contributed by atoms with Crippen molar-refractivity contribution in [3.8, 4) is 11.5 Å². The smallest absolute Gasteiger partial charge is 0.419 e. The van der Waals surface area contributed by atoms with Crippen molar-refractivity contribution in [2.45, 2.75) is 12.7 Å². The number of hydrogen-bond donors (Lipinski definition) is 1. The lowest BCUT2D eigenvalue weighted by molar-refractivity contribution is -0.139. The second-order valence-electron chi connectivity index (χ2n) is 5.98. The molecule has 0 unspecified atom stereocenters. The molecule has 9 heteroatoms. The minimum atomic E-state index is -4.57. The summed E-state index contributed by atoms with van der Waals surface area (Å²) < 4.78 is 51.6. The van der Waals surface area contributed by atoms with Crippen LogP contribution in [0, 0.1) is 0 Å². The van der Waals surface area contributed by atoms with Crippen molar-refractivity contribution in [2.75, 3.05) is 18.5 Å². The van der Waals surface area contributed by atoms with Gasteiger partial charge in [0, 0.05) is 12.4 Å². The Labute approximate surface area is 164 Å². The molecule has 29 heavy (non-hydrogen) atoms. The minimum absolute atomic E-state index is 0.346. The number of benzene rings is 2. The average Bonchev–Trinajstić information content (AvgIpc) is 3.21. The number of alkyl halides is 3. The zero-order valence-corrected chi connectivity index (χ0v) is 15.2. The zero-order valence-electron chi connectivity index (χ0n) is 15.2. The van der Waals surface area contributed by atoms with Gasteiger partial charge in [-0.15, -0.1) is 0 Å². The highest BCUT2D eigenvalue weighted by atomic mass is 19.4. The number of hydrogen-bond acceptors (Lipinski definition) is 4. The highest BCUT2D eigenvalue weighted by Crippen LogP contribution is 2.35. The zero-order chi connectivity index (χ0) is 20.7. The van der Waals surface area contributed by atoms with Crippen LogP contribution in [-0.4, -0.2) is 28.7 Å². The second-order valence-corrected chi connectivity index (χ2v) is 5.98. The molecule has 0 saturated carbocycles. The summed E-state index contributed by atoms with van der Waals surface area (Å²) in [5, 5.41) is 2.59. The van der Waals surface area contributed by atoms with E-state index in [1.54, 1.807) is 43.0 Å². The standard InChI is InChI=1S/C20H18F3N3O3/c21-20(22,23)15-5-1-3-7-17(15)29-13-19(27)25-16-6-2-4-8-18(16)28-12-11-26-10-9-24-14-26/h1-10,14H,11-13H2,(H,25,27). The van der Waals surface area contributed by atoms with Gasteiger partial charge in [-0.2, -0.15) is 13.2 Å². The largest absolute Gasteiger partial charge is 0.490 e. The van der Waals surface area contributed by atoms with Crippen LogP contribution in [0.2, 0.25) is 0 Å². The summed E-state index contributed by atoms with van der Waals surface area (Å²) in [6, 6.07) is 11.5. The fourth-order valence-electron chi connectivity index (χ4n) is 2.53. The fourth-order valence-corrected chi connectivity index (χ4v) is 2.53. The third-order valence-electron chi connectivity index (χ3n) is 3.88. The Bertz CT molecular complexity index is 943. The number of para-hydroxylation sites is 3. The first-order valence-electron chi connectivity index (χ1n) is 8.70. The third-order valence-corrected chi connectivity index (χ3v) is 3.88. The van der Waals surface area contributed by atoms with Crippen molar-refractivity contribution >= 4 is 11.6 Å². The van der Waals surface area contributed by atoms with E-state index in [2.05, 4.69) is 10.3 Å². The summed E-state index contributed by atoms with van der Waals surface area (Å²) in [6.45, 7) is 0.342. The Morgan fingerprint density at radius 1 is 1.03 bits per heavy atom. The number of anilines is 1. The number of rotatable bonds is 8. The van der Waals surface area contributed by atoms with Crippen molar-refractivity contribution < 1.29 is 27.4 Å². The summed E-state index contributed by atoms with van der Waals surface area (Å²) in [4.78, 5) is 16.1. The van der Waals surface area contributed by atoms with Crippen molar-refractivity contribution in [1.29, 1.82) is 0 Å². The van der Waals surface area contributed by atoms with Gasteiger partial charge in [0.2, 0.25) is 0 Å². The lowest BCUT2D eigenvalue weighted by Gasteiger charge is -2.15. The summed E-state index contributed by atoms with van der Waals surface area (Å²) in [7, 11) is 0. The molecule has 0 atom stereocenters. The van der Waals surface area contributed by atoms with Gasteiger partial charge in [-0.25, -0.2) is 4.98 Å². The van der Waals surface area contributed by atoms with E-state index in [-0.39, 0.29) is 0 Å². The maximum Gasteiger partial charge on any atom is 0.419 e. The summed E-state index contributed by atoms with van der Waals surface area (Å²) in [6.07, 6.45) is 0.550.